The zero-order chi connectivity index (χ0) is 15.4. The first-order valence-corrected chi connectivity index (χ1v) is 6.71. The second-order valence-corrected chi connectivity index (χ2v) is 4.73. The molecule has 0 saturated carbocycles. The first-order chi connectivity index (χ1) is 10.0. The summed E-state index contributed by atoms with van der Waals surface area (Å²) in [6.45, 7) is 4.51. The van der Waals surface area contributed by atoms with E-state index in [-0.39, 0.29) is 11.4 Å². The van der Waals surface area contributed by atoms with Gasteiger partial charge in [0.15, 0.2) is 0 Å². The van der Waals surface area contributed by atoms with Crippen LogP contribution >= 0.6 is 0 Å². The van der Waals surface area contributed by atoms with Crippen molar-refractivity contribution >= 4 is 17.1 Å². The third-order valence-corrected chi connectivity index (χ3v) is 3.20. The normalized spacial score (nSPS) is 10.2. The highest BCUT2D eigenvalue weighted by Crippen LogP contribution is 2.29. The van der Waals surface area contributed by atoms with E-state index >= 15 is 0 Å². The molecule has 0 aromatic heterocycles. The van der Waals surface area contributed by atoms with E-state index in [4.69, 9.17) is 5.41 Å². The van der Waals surface area contributed by atoms with E-state index < -0.39 is 4.92 Å². The lowest BCUT2D eigenvalue weighted by Gasteiger charge is -2.12. The van der Waals surface area contributed by atoms with Crippen LogP contribution in [-0.4, -0.2) is 17.2 Å². The third-order valence-electron chi connectivity index (χ3n) is 3.20. The van der Waals surface area contributed by atoms with Crippen molar-refractivity contribution in [3.63, 3.8) is 0 Å². The van der Waals surface area contributed by atoms with Crippen LogP contribution in [0.25, 0.3) is 0 Å². The van der Waals surface area contributed by atoms with Gasteiger partial charge in [-0.2, -0.15) is 0 Å². The molecule has 0 radical (unpaired) electrons. The van der Waals surface area contributed by atoms with E-state index in [1.165, 1.54) is 6.07 Å². The molecule has 0 aliphatic rings. The van der Waals surface area contributed by atoms with Crippen molar-refractivity contribution < 1.29 is 4.92 Å². The van der Waals surface area contributed by atoms with Crippen molar-refractivity contribution in [1.82, 2.24) is 0 Å². The van der Waals surface area contributed by atoms with Crippen LogP contribution in [0.4, 0.5) is 11.4 Å². The number of rotatable bonds is 5. The third kappa shape index (κ3) is 3.08. The second-order valence-electron chi connectivity index (χ2n) is 4.73. The van der Waals surface area contributed by atoms with Gasteiger partial charge in [0.25, 0.3) is 5.69 Å². The van der Waals surface area contributed by atoms with Gasteiger partial charge in [-0.15, -0.1) is 0 Å². The summed E-state index contributed by atoms with van der Waals surface area (Å²) in [7, 11) is 0. The number of nitro benzene ring substituents is 1. The predicted molar refractivity (Wildman–Crippen MR) is 84.4 cm³/mol. The minimum atomic E-state index is -0.446. The first-order valence-electron chi connectivity index (χ1n) is 6.71. The lowest BCUT2D eigenvalue weighted by Crippen LogP contribution is -2.10. The maximum atomic E-state index is 11.2. The Bertz CT molecular complexity index is 678. The Hall–Kier alpha value is -2.69. The monoisotopic (exact) mass is 283 g/mol. The highest BCUT2D eigenvalue weighted by Gasteiger charge is 2.22. The first kappa shape index (κ1) is 14.7. The zero-order valence-corrected chi connectivity index (χ0v) is 12.0. The van der Waals surface area contributed by atoms with Crippen molar-refractivity contribution in [2.45, 2.75) is 13.8 Å². The average Bonchev–Trinajstić information content (AvgIpc) is 2.47. The van der Waals surface area contributed by atoms with E-state index in [2.05, 4.69) is 5.32 Å². The molecule has 0 bridgehead atoms. The van der Waals surface area contributed by atoms with Crippen molar-refractivity contribution in [1.29, 1.82) is 5.41 Å². The van der Waals surface area contributed by atoms with Crippen LogP contribution in [0.3, 0.4) is 0 Å². The highest BCUT2D eigenvalue weighted by atomic mass is 16.6. The maximum Gasteiger partial charge on any atom is 0.280 e. The molecule has 2 aromatic carbocycles. The van der Waals surface area contributed by atoms with Crippen molar-refractivity contribution in [2.24, 2.45) is 0 Å². The Morgan fingerprint density at radius 2 is 1.90 bits per heavy atom. The Kier molecular flexibility index (Phi) is 4.33. The van der Waals surface area contributed by atoms with Crippen LogP contribution in [0.5, 0.6) is 0 Å². The summed E-state index contributed by atoms with van der Waals surface area (Å²) in [6, 6.07) is 12.2. The van der Waals surface area contributed by atoms with Crippen LogP contribution in [-0.2, 0) is 0 Å². The number of anilines is 1. The highest BCUT2D eigenvalue weighted by molar-refractivity contribution is 6.16. The van der Waals surface area contributed by atoms with E-state index in [0.29, 0.717) is 23.4 Å². The molecule has 5 nitrogen and oxygen atoms in total. The van der Waals surface area contributed by atoms with Gasteiger partial charge in [0.2, 0.25) is 0 Å². The van der Waals surface area contributed by atoms with Gasteiger partial charge in [0.05, 0.1) is 16.3 Å². The van der Waals surface area contributed by atoms with Gasteiger partial charge in [-0.05, 0) is 19.9 Å². The number of hydrogen-bond donors (Lipinski definition) is 2. The van der Waals surface area contributed by atoms with Crippen LogP contribution in [0.1, 0.15) is 23.6 Å². The lowest BCUT2D eigenvalue weighted by atomic mass is 9.98. The summed E-state index contributed by atoms with van der Waals surface area (Å²) in [5.41, 5.74) is 2.78. The molecule has 0 unspecified atom stereocenters. The fourth-order valence-electron chi connectivity index (χ4n) is 2.16. The van der Waals surface area contributed by atoms with Gasteiger partial charge < -0.3 is 5.32 Å². The fraction of sp³-hybridized carbons (Fsp3) is 0.188. The summed E-state index contributed by atoms with van der Waals surface area (Å²) in [5, 5.41) is 22.7. The summed E-state index contributed by atoms with van der Waals surface area (Å²) >= 11 is 0. The van der Waals surface area contributed by atoms with E-state index in [0.717, 1.165) is 5.56 Å². The Labute approximate surface area is 123 Å². The molecular weight excluding hydrogens is 266 g/mol. The number of benzene rings is 2. The molecule has 2 aromatic rings. The zero-order valence-electron chi connectivity index (χ0n) is 12.0. The van der Waals surface area contributed by atoms with Crippen molar-refractivity contribution in [3.05, 3.63) is 69.3 Å². The quantitative estimate of drug-likeness (QED) is 0.498. The van der Waals surface area contributed by atoms with Gasteiger partial charge in [-0.1, -0.05) is 35.9 Å². The molecule has 0 saturated heterocycles. The lowest BCUT2D eigenvalue weighted by molar-refractivity contribution is -0.385. The van der Waals surface area contributed by atoms with Gasteiger partial charge >= 0.3 is 0 Å². The van der Waals surface area contributed by atoms with Crippen molar-refractivity contribution in [2.75, 3.05) is 11.9 Å². The average molecular weight is 283 g/mol. The van der Waals surface area contributed by atoms with Crippen molar-refractivity contribution in [3.8, 4) is 0 Å². The van der Waals surface area contributed by atoms with Crippen LogP contribution < -0.4 is 5.32 Å². The molecule has 0 atom stereocenters. The summed E-state index contributed by atoms with van der Waals surface area (Å²) < 4.78 is 0. The van der Waals surface area contributed by atoms with Gasteiger partial charge in [0, 0.05) is 18.2 Å². The number of nitro groups is 1. The Morgan fingerprint density at radius 3 is 2.48 bits per heavy atom. The summed E-state index contributed by atoms with van der Waals surface area (Å²) in [6.07, 6.45) is 0. The standard InChI is InChI=1S/C16H17N3O2/c1-3-18-13-5-4-6-14(19(20)21)15(13)16(17)12-9-7-11(2)8-10-12/h4-10,17-18H,3H2,1-2H3. The second kappa shape index (κ2) is 6.17. The maximum absolute atomic E-state index is 11.2. The van der Waals surface area contributed by atoms with Crippen LogP contribution in [0, 0.1) is 22.4 Å². The molecule has 0 heterocycles. The molecule has 2 N–H and O–H groups in total. The minimum absolute atomic E-state index is 0.0565. The topological polar surface area (TPSA) is 79.0 Å². The van der Waals surface area contributed by atoms with Gasteiger partial charge in [-0.3, -0.25) is 15.5 Å². The number of aryl methyl sites for hydroxylation is 1. The summed E-state index contributed by atoms with van der Waals surface area (Å²) in [5.74, 6) is 0. The van der Waals surface area contributed by atoms with E-state index in [1.54, 1.807) is 12.1 Å². The smallest absolute Gasteiger partial charge is 0.280 e. The molecular formula is C16H17N3O2. The molecule has 21 heavy (non-hydrogen) atoms. The Morgan fingerprint density at radius 1 is 1.24 bits per heavy atom. The molecule has 0 spiro atoms. The van der Waals surface area contributed by atoms with Crippen LogP contribution in [0.15, 0.2) is 42.5 Å². The van der Waals surface area contributed by atoms with Crippen LogP contribution in [0.2, 0.25) is 0 Å². The predicted octanol–water partition coefficient (Wildman–Crippen LogP) is 3.75. The molecule has 0 fully saturated rings. The van der Waals surface area contributed by atoms with E-state index in [1.807, 2.05) is 38.1 Å². The molecule has 2 rings (SSSR count). The molecule has 0 aliphatic heterocycles. The summed E-state index contributed by atoms with van der Waals surface area (Å²) in [4.78, 5) is 10.8. The SMILES string of the molecule is CCNc1cccc([N+](=O)[O-])c1C(=N)c1ccc(C)cc1. The molecule has 0 amide bonds. The number of nitrogens with zero attached hydrogens (tertiary/aromatic N) is 1. The van der Waals surface area contributed by atoms with E-state index in [9.17, 15) is 10.1 Å². The Balaban J connectivity index is 2.57. The largest absolute Gasteiger partial charge is 0.385 e. The van der Waals surface area contributed by atoms with Gasteiger partial charge in [-0.25, -0.2) is 0 Å². The van der Waals surface area contributed by atoms with Gasteiger partial charge in [0.1, 0.15) is 5.56 Å². The molecule has 108 valence electrons. The minimum Gasteiger partial charge on any atom is -0.385 e. The number of nitrogens with one attached hydrogen (secondary N) is 2. The number of hydrogen-bond acceptors (Lipinski definition) is 4. The molecule has 5 heteroatoms. The molecule has 0 aliphatic carbocycles. The fourth-order valence-corrected chi connectivity index (χ4v) is 2.16.